The number of hydrogen-bond donors (Lipinski definition) is 2. The van der Waals surface area contributed by atoms with Crippen molar-refractivity contribution in [2.75, 3.05) is 0 Å². The molecule has 0 radical (unpaired) electrons. The Morgan fingerprint density at radius 1 is 0.727 bits per heavy atom. The molecule has 0 aromatic carbocycles. The van der Waals surface area contributed by atoms with Crippen LogP contribution in [0.25, 0.3) is 57.6 Å². The van der Waals surface area contributed by atoms with E-state index in [0.717, 1.165) is 56.1 Å². The average Bonchev–Trinajstić information content (AvgIpc) is 3.61. The Balaban J connectivity index is 1.72. The van der Waals surface area contributed by atoms with Crippen molar-refractivity contribution < 1.29 is 4.57 Å². The molecule has 33 heavy (non-hydrogen) atoms. The molecule has 2 aliphatic heterocycles. The fourth-order valence-electron chi connectivity index (χ4n) is 4.27. The van der Waals surface area contributed by atoms with E-state index in [-0.39, 0.29) is 0 Å². The molecule has 6 rings (SSSR count). The molecule has 0 fully saturated rings. The average molecular weight is 429 g/mol. The zero-order valence-corrected chi connectivity index (χ0v) is 18.0. The van der Waals surface area contributed by atoms with E-state index in [2.05, 4.69) is 88.0 Å². The maximum absolute atomic E-state index is 4.96. The molecule has 0 saturated heterocycles. The van der Waals surface area contributed by atoms with Gasteiger partial charge in [0.1, 0.15) is 0 Å². The number of aromatic nitrogens is 5. The molecular weight excluding hydrogens is 406 g/mol. The number of pyridine rings is 1. The van der Waals surface area contributed by atoms with Crippen LogP contribution in [-0.2, 0) is 6.54 Å². The SMILES string of the molecule is C=CC[n+]1ccccc1-c1c2nc(cc3ccc(cc4ccc(cc5nc1C=C5)[nH]4)[nH]3)C=C2. The summed E-state index contributed by atoms with van der Waals surface area (Å²) in [6.45, 7) is 4.62. The number of nitrogens with zero attached hydrogens (tertiary/aromatic N) is 3. The third-order valence-corrected chi connectivity index (χ3v) is 5.74. The maximum Gasteiger partial charge on any atom is 0.217 e. The molecule has 0 amide bonds. The number of rotatable bonds is 3. The van der Waals surface area contributed by atoms with Gasteiger partial charge in [-0.2, -0.15) is 4.57 Å². The van der Waals surface area contributed by atoms with Crippen LogP contribution in [0, 0.1) is 0 Å². The first-order chi connectivity index (χ1) is 16.2. The van der Waals surface area contributed by atoms with Crippen molar-refractivity contribution in [3.8, 4) is 11.3 Å². The monoisotopic (exact) mass is 428 g/mol. The van der Waals surface area contributed by atoms with Crippen LogP contribution in [0.15, 0.2) is 79.5 Å². The van der Waals surface area contributed by atoms with Crippen molar-refractivity contribution in [3.63, 3.8) is 0 Å². The lowest BCUT2D eigenvalue weighted by atomic mass is 10.1. The third-order valence-electron chi connectivity index (χ3n) is 5.74. The summed E-state index contributed by atoms with van der Waals surface area (Å²) in [6.07, 6.45) is 12.2. The first-order valence-electron chi connectivity index (χ1n) is 10.9. The van der Waals surface area contributed by atoms with Gasteiger partial charge >= 0.3 is 0 Å². The molecule has 0 unspecified atom stereocenters. The molecule has 158 valence electrons. The van der Waals surface area contributed by atoms with Crippen LogP contribution in [0.2, 0.25) is 0 Å². The molecule has 6 heterocycles. The summed E-state index contributed by atoms with van der Waals surface area (Å²) in [5.74, 6) is 0. The van der Waals surface area contributed by atoms with Crippen LogP contribution in [0.3, 0.4) is 0 Å². The Morgan fingerprint density at radius 3 is 1.88 bits per heavy atom. The predicted molar refractivity (Wildman–Crippen MR) is 135 cm³/mol. The van der Waals surface area contributed by atoms with Crippen molar-refractivity contribution in [3.05, 3.63) is 102 Å². The molecule has 0 saturated carbocycles. The molecule has 0 atom stereocenters. The van der Waals surface area contributed by atoms with E-state index in [1.165, 1.54) is 0 Å². The van der Waals surface area contributed by atoms with Crippen LogP contribution in [0.5, 0.6) is 0 Å². The zero-order chi connectivity index (χ0) is 22.2. The van der Waals surface area contributed by atoms with Crippen molar-refractivity contribution in [2.24, 2.45) is 0 Å². The van der Waals surface area contributed by atoms with Crippen LogP contribution < -0.4 is 4.57 Å². The Hall–Kier alpha value is -4.51. The Morgan fingerprint density at radius 2 is 1.30 bits per heavy atom. The fraction of sp³-hybridized carbons (Fsp3) is 0.0357. The highest BCUT2D eigenvalue weighted by atomic mass is 15.0. The molecular formula is C28H22N5+. The zero-order valence-electron chi connectivity index (χ0n) is 18.0. The van der Waals surface area contributed by atoms with E-state index in [0.29, 0.717) is 6.54 Å². The lowest BCUT2D eigenvalue weighted by molar-refractivity contribution is -0.676. The summed E-state index contributed by atoms with van der Waals surface area (Å²) in [5.41, 5.74) is 9.70. The first-order valence-corrected chi connectivity index (χ1v) is 10.9. The molecule has 2 aliphatic rings. The Kier molecular flexibility index (Phi) is 4.58. The second-order valence-electron chi connectivity index (χ2n) is 8.08. The van der Waals surface area contributed by atoms with Crippen molar-refractivity contribution >= 4 is 46.4 Å². The first kappa shape index (κ1) is 19.2. The second-order valence-corrected chi connectivity index (χ2v) is 8.08. The van der Waals surface area contributed by atoms with E-state index >= 15 is 0 Å². The molecule has 4 aromatic heterocycles. The minimum absolute atomic E-state index is 0.700. The minimum Gasteiger partial charge on any atom is -0.355 e. The predicted octanol–water partition coefficient (Wildman–Crippen LogP) is 5.80. The van der Waals surface area contributed by atoms with Crippen LogP contribution in [0.1, 0.15) is 22.8 Å². The van der Waals surface area contributed by atoms with E-state index in [9.17, 15) is 0 Å². The fourth-order valence-corrected chi connectivity index (χ4v) is 4.27. The largest absolute Gasteiger partial charge is 0.355 e. The smallest absolute Gasteiger partial charge is 0.217 e. The van der Waals surface area contributed by atoms with Gasteiger partial charge in [-0.25, -0.2) is 9.97 Å². The molecule has 8 bridgehead atoms. The van der Waals surface area contributed by atoms with Crippen molar-refractivity contribution in [2.45, 2.75) is 6.54 Å². The van der Waals surface area contributed by atoms with Gasteiger partial charge in [0.05, 0.1) is 28.3 Å². The summed E-state index contributed by atoms with van der Waals surface area (Å²) in [6, 6.07) is 20.7. The molecule has 0 aliphatic carbocycles. The topological polar surface area (TPSA) is 61.2 Å². The number of fused-ring (bicyclic) bond motifs is 8. The van der Waals surface area contributed by atoms with E-state index in [1.54, 1.807) is 0 Å². The maximum atomic E-state index is 4.96. The number of H-pyrrole nitrogens is 2. The van der Waals surface area contributed by atoms with Crippen LogP contribution in [0.4, 0.5) is 0 Å². The molecule has 5 heteroatoms. The summed E-state index contributed by atoms with van der Waals surface area (Å²) >= 11 is 0. The van der Waals surface area contributed by atoms with Gasteiger partial charge in [-0.3, -0.25) is 0 Å². The van der Waals surface area contributed by atoms with Gasteiger partial charge < -0.3 is 9.97 Å². The third kappa shape index (κ3) is 3.70. The van der Waals surface area contributed by atoms with Gasteiger partial charge in [0.15, 0.2) is 12.7 Å². The normalized spacial score (nSPS) is 12.2. The second kappa shape index (κ2) is 7.88. The van der Waals surface area contributed by atoms with Crippen LogP contribution in [-0.4, -0.2) is 19.9 Å². The number of hydrogen-bond acceptors (Lipinski definition) is 2. The van der Waals surface area contributed by atoms with Gasteiger partial charge in [0.2, 0.25) is 5.69 Å². The molecule has 4 aromatic rings. The number of nitrogens with one attached hydrogen (secondary N) is 2. The summed E-state index contributed by atoms with van der Waals surface area (Å²) in [7, 11) is 0. The summed E-state index contributed by atoms with van der Waals surface area (Å²) in [5, 5.41) is 0. The van der Waals surface area contributed by atoms with Crippen molar-refractivity contribution in [1.29, 1.82) is 0 Å². The lowest BCUT2D eigenvalue weighted by Crippen LogP contribution is -2.35. The number of allylic oxidation sites excluding steroid dienone is 1. The van der Waals surface area contributed by atoms with Crippen LogP contribution >= 0.6 is 0 Å². The van der Waals surface area contributed by atoms with Crippen molar-refractivity contribution in [1.82, 2.24) is 19.9 Å². The minimum atomic E-state index is 0.700. The van der Waals surface area contributed by atoms with Gasteiger partial charge in [0.25, 0.3) is 0 Å². The summed E-state index contributed by atoms with van der Waals surface area (Å²) < 4.78 is 2.17. The molecule has 0 spiro atoms. The van der Waals surface area contributed by atoms with E-state index in [4.69, 9.17) is 9.97 Å². The number of aromatic amines is 2. The van der Waals surface area contributed by atoms with Gasteiger partial charge in [-0.05, 0) is 78.9 Å². The highest BCUT2D eigenvalue weighted by Crippen LogP contribution is 2.29. The highest BCUT2D eigenvalue weighted by Gasteiger charge is 2.21. The molecule has 2 N–H and O–H groups in total. The van der Waals surface area contributed by atoms with Gasteiger partial charge in [0, 0.05) is 34.2 Å². The highest BCUT2D eigenvalue weighted by molar-refractivity contribution is 5.87. The van der Waals surface area contributed by atoms with Gasteiger partial charge in [-0.15, -0.1) is 0 Å². The summed E-state index contributed by atoms with van der Waals surface area (Å²) in [4.78, 5) is 16.8. The lowest BCUT2D eigenvalue weighted by Gasteiger charge is -2.04. The quantitative estimate of drug-likeness (QED) is 0.277. The van der Waals surface area contributed by atoms with E-state index < -0.39 is 0 Å². The Labute approximate surface area is 191 Å². The van der Waals surface area contributed by atoms with E-state index in [1.807, 2.05) is 30.4 Å². The standard InChI is InChI=1S/C28H21N5/c1-2-14-33-15-4-3-5-27(33)28-25-12-10-23(31-25)17-21-8-6-19(29-21)16-20-7-9-22(30-20)18-24-11-13-26(28)32-24/h2-13,15-18H,1,14H2,(H,29,30,31,32)/p+1. The van der Waals surface area contributed by atoms with Gasteiger partial charge in [-0.1, -0.05) is 6.58 Å². The Bertz CT molecular complexity index is 1520. The molecule has 5 nitrogen and oxygen atoms in total.